The molecule has 1 aliphatic carbocycles. The van der Waals surface area contributed by atoms with Gasteiger partial charge in [0.2, 0.25) is 5.91 Å². The van der Waals surface area contributed by atoms with Crippen molar-refractivity contribution in [3.8, 4) is 5.75 Å². The minimum atomic E-state index is -0.615. The highest BCUT2D eigenvalue weighted by Gasteiger charge is 2.31. The number of halogens is 1. The minimum Gasteiger partial charge on any atom is -0.483 e. The standard InChI is InChI=1S/C26H33FN2O3/c1-4-23(26(31)28-22-9-5-6-10-22)29(16-20-12-14-21(27)15-13-20)25(30)17-32-24-11-7-8-18(2)19(24)3/h7-8,11-15,22-23H,4-6,9-10,16-17H2,1-3H3,(H,28,31)/t23-/m0/s1. The van der Waals surface area contributed by atoms with Gasteiger partial charge in [-0.3, -0.25) is 9.59 Å². The van der Waals surface area contributed by atoms with Crippen molar-refractivity contribution in [2.45, 2.75) is 71.5 Å². The van der Waals surface area contributed by atoms with Gasteiger partial charge in [-0.25, -0.2) is 4.39 Å². The Hall–Kier alpha value is -2.89. The van der Waals surface area contributed by atoms with Gasteiger partial charge in [0.05, 0.1) is 0 Å². The van der Waals surface area contributed by atoms with E-state index in [-0.39, 0.29) is 36.8 Å². The van der Waals surface area contributed by atoms with Gasteiger partial charge in [0, 0.05) is 12.6 Å². The van der Waals surface area contributed by atoms with E-state index in [1.54, 1.807) is 17.0 Å². The number of carbonyl (C=O) groups excluding carboxylic acids is 2. The predicted molar refractivity (Wildman–Crippen MR) is 123 cm³/mol. The van der Waals surface area contributed by atoms with E-state index in [4.69, 9.17) is 4.74 Å². The second-order valence-corrected chi connectivity index (χ2v) is 8.55. The Bertz CT molecular complexity index is 923. The monoisotopic (exact) mass is 440 g/mol. The molecule has 2 aromatic carbocycles. The summed E-state index contributed by atoms with van der Waals surface area (Å²) in [6.45, 7) is 5.89. The van der Waals surface area contributed by atoms with Crippen LogP contribution in [0.15, 0.2) is 42.5 Å². The summed E-state index contributed by atoms with van der Waals surface area (Å²) >= 11 is 0. The molecule has 32 heavy (non-hydrogen) atoms. The number of rotatable bonds is 9. The maximum absolute atomic E-state index is 13.4. The summed E-state index contributed by atoms with van der Waals surface area (Å²) in [7, 11) is 0. The van der Waals surface area contributed by atoms with Crippen molar-refractivity contribution in [2.75, 3.05) is 6.61 Å². The van der Waals surface area contributed by atoms with Gasteiger partial charge in [-0.05, 0) is 68.0 Å². The zero-order valence-electron chi connectivity index (χ0n) is 19.2. The van der Waals surface area contributed by atoms with E-state index in [0.717, 1.165) is 42.4 Å². The van der Waals surface area contributed by atoms with Crippen molar-refractivity contribution in [3.05, 3.63) is 65.0 Å². The van der Waals surface area contributed by atoms with Gasteiger partial charge in [-0.1, -0.05) is 44.0 Å². The lowest BCUT2D eigenvalue weighted by Gasteiger charge is -2.31. The number of nitrogens with one attached hydrogen (secondary N) is 1. The van der Waals surface area contributed by atoms with E-state index < -0.39 is 6.04 Å². The Morgan fingerprint density at radius 2 is 1.81 bits per heavy atom. The summed E-state index contributed by atoms with van der Waals surface area (Å²) in [6.07, 6.45) is 4.66. The SMILES string of the molecule is CC[C@@H](C(=O)NC1CCCC1)N(Cc1ccc(F)cc1)C(=O)COc1cccc(C)c1C. The summed E-state index contributed by atoms with van der Waals surface area (Å²) in [5.41, 5.74) is 2.83. The Labute approximate surface area is 190 Å². The third-order valence-corrected chi connectivity index (χ3v) is 6.26. The lowest BCUT2D eigenvalue weighted by molar-refractivity contribution is -0.143. The van der Waals surface area contributed by atoms with Crippen molar-refractivity contribution in [2.24, 2.45) is 0 Å². The van der Waals surface area contributed by atoms with Crippen LogP contribution in [0, 0.1) is 19.7 Å². The second-order valence-electron chi connectivity index (χ2n) is 8.55. The molecule has 1 saturated carbocycles. The van der Waals surface area contributed by atoms with E-state index in [1.165, 1.54) is 12.1 Å². The second kappa shape index (κ2) is 11.1. The lowest BCUT2D eigenvalue weighted by atomic mass is 10.1. The molecular weight excluding hydrogens is 407 g/mol. The van der Waals surface area contributed by atoms with Gasteiger partial charge in [0.1, 0.15) is 17.6 Å². The van der Waals surface area contributed by atoms with E-state index in [0.29, 0.717) is 12.2 Å². The zero-order valence-corrected chi connectivity index (χ0v) is 19.2. The first kappa shape index (κ1) is 23.8. The fourth-order valence-electron chi connectivity index (χ4n) is 4.18. The zero-order chi connectivity index (χ0) is 23.1. The molecule has 0 unspecified atom stereocenters. The number of hydrogen-bond acceptors (Lipinski definition) is 3. The molecule has 2 amide bonds. The molecular formula is C26H33FN2O3. The van der Waals surface area contributed by atoms with Crippen LogP contribution in [0.4, 0.5) is 4.39 Å². The van der Waals surface area contributed by atoms with Crippen LogP contribution in [0.3, 0.4) is 0 Å². The van der Waals surface area contributed by atoms with Gasteiger partial charge in [-0.2, -0.15) is 0 Å². The molecule has 1 N–H and O–H groups in total. The third kappa shape index (κ3) is 6.09. The smallest absolute Gasteiger partial charge is 0.261 e. The lowest BCUT2D eigenvalue weighted by Crippen LogP contribution is -2.52. The Kier molecular flexibility index (Phi) is 8.26. The number of amides is 2. The molecule has 0 heterocycles. The van der Waals surface area contributed by atoms with E-state index in [2.05, 4.69) is 5.32 Å². The molecule has 0 saturated heterocycles. The average Bonchev–Trinajstić information content (AvgIpc) is 3.28. The van der Waals surface area contributed by atoms with Crippen LogP contribution in [-0.2, 0) is 16.1 Å². The fraction of sp³-hybridized carbons (Fsp3) is 0.462. The summed E-state index contributed by atoms with van der Waals surface area (Å²) < 4.78 is 19.2. The van der Waals surface area contributed by atoms with E-state index in [1.807, 2.05) is 39.0 Å². The molecule has 5 nitrogen and oxygen atoms in total. The molecule has 3 rings (SSSR count). The van der Waals surface area contributed by atoms with Gasteiger partial charge in [0.25, 0.3) is 5.91 Å². The van der Waals surface area contributed by atoms with Crippen molar-refractivity contribution >= 4 is 11.8 Å². The molecule has 1 atom stereocenters. The minimum absolute atomic E-state index is 0.137. The number of benzene rings is 2. The van der Waals surface area contributed by atoms with E-state index >= 15 is 0 Å². The van der Waals surface area contributed by atoms with Crippen molar-refractivity contribution in [1.29, 1.82) is 0 Å². The molecule has 0 bridgehead atoms. The third-order valence-electron chi connectivity index (χ3n) is 6.26. The van der Waals surface area contributed by atoms with Gasteiger partial charge in [-0.15, -0.1) is 0 Å². The van der Waals surface area contributed by atoms with Crippen LogP contribution in [-0.4, -0.2) is 35.4 Å². The van der Waals surface area contributed by atoms with Crippen molar-refractivity contribution in [3.63, 3.8) is 0 Å². The first-order valence-corrected chi connectivity index (χ1v) is 11.4. The number of hydrogen-bond donors (Lipinski definition) is 1. The molecule has 2 aromatic rings. The fourth-order valence-corrected chi connectivity index (χ4v) is 4.18. The van der Waals surface area contributed by atoms with Gasteiger partial charge in [0.15, 0.2) is 6.61 Å². The van der Waals surface area contributed by atoms with Gasteiger partial charge < -0.3 is 15.0 Å². The highest BCUT2D eigenvalue weighted by atomic mass is 19.1. The van der Waals surface area contributed by atoms with Crippen molar-refractivity contribution < 1.29 is 18.7 Å². The molecule has 1 fully saturated rings. The summed E-state index contributed by atoms with van der Waals surface area (Å²) in [4.78, 5) is 27.9. The molecule has 0 spiro atoms. The molecule has 0 aliphatic heterocycles. The highest BCUT2D eigenvalue weighted by Crippen LogP contribution is 2.22. The van der Waals surface area contributed by atoms with Crippen LogP contribution < -0.4 is 10.1 Å². The van der Waals surface area contributed by atoms with Crippen LogP contribution in [0.1, 0.15) is 55.7 Å². The number of carbonyl (C=O) groups is 2. The normalized spacial score (nSPS) is 14.8. The van der Waals surface area contributed by atoms with E-state index in [9.17, 15) is 14.0 Å². The molecule has 6 heteroatoms. The molecule has 0 aromatic heterocycles. The first-order valence-electron chi connectivity index (χ1n) is 11.4. The predicted octanol–water partition coefficient (Wildman–Crippen LogP) is 4.69. The quantitative estimate of drug-likeness (QED) is 0.616. The van der Waals surface area contributed by atoms with Crippen LogP contribution in [0.2, 0.25) is 0 Å². The summed E-state index contributed by atoms with van der Waals surface area (Å²) in [6, 6.07) is 11.3. The maximum Gasteiger partial charge on any atom is 0.261 e. The van der Waals surface area contributed by atoms with Crippen LogP contribution in [0.5, 0.6) is 5.75 Å². The summed E-state index contributed by atoms with van der Waals surface area (Å²) in [5.74, 6) is -0.0929. The average molecular weight is 441 g/mol. The van der Waals surface area contributed by atoms with Crippen LogP contribution in [0.25, 0.3) is 0 Å². The Morgan fingerprint density at radius 1 is 1.12 bits per heavy atom. The maximum atomic E-state index is 13.4. The van der Waals surface area contributed by atoms with Crippen LogP contribution >= 0.6 is 0 Å². The van der Waals surface area contributed by atoms with Crippen molar-refractivity contribution in [1.82, 2.24) is 10.2 Å². The summed E-state index contributed by atoms with van der Waals surface area (Å²) in [5, 5.41) is 3.12. The number of ether oxygens (including phenoxy) is 1. The molecule has 1 aliphatic rings. The number of aryl methyl sites for hydroxylation is 1. The molecule has 172 valence electrons. The van der Waals surface area contributed by atoms with Gasteiger partial charge >= 0.3 is 0 Å². The topological polar surface area (TPSA) is 58.6 Å². The highest BCUT2D eigenvalue weighted by molar-refractivity contribution is 5.88. The molecule has 0 radical (unpaired) electrons. The Morgan fingerprint density at radius 3 is 2.47 bits per heavy atom. The number of nitrogens with zero attached hydrogens (tertiary/aromatic N) is 1. The first-order chi connectivity index (χ1) is 15.4. The largest absolute Gasteiger partial charge is 0.483 e. The Balaban J connectivity index is 1.77.